The summed E-state index contributed by atoms with van der Waals surface area (Å²) in [5.41, 5.74) is 7.46. The van der Waals surface area contributed by atoms with Gasteiger partial charge in [0.05, 0.1) is 6.67 Å². The number of benzene rings is 1. The van der Waals surface area contributed by atoms with Gasteiger partial charge >= 0.3 is 0 Å². The van der Waals surface area contributed by atoms with Gasteiger partial charge in [0.15, 0.2) is 5.16 Å². The van der Waals surface area contributed by atoms with Crippen LogP contribution in [0.5, 0.6) is 0 Å². The van der Waals surface area contributed by atoms with E-state index in [1.807, 2.05) is 29.5 Å². The Morgan fingerprint density at radius 1 is 1.26 bits per heavy atom. The van der Waals surface area contributed by atoms with Gasteiger partial charge < -0.3 is 0 Å². The maximum Gasteiger partial charge on any atom is 0.249 e. The maximum absolute atomic E-state index is 6.33. The second-order valence-electron chi connectivity index (χ2n) is 6.89. The van der Waals surface area contributed by atoms with Crippen LogP contribution < -0.4 is 15.8 Å². The minimum absolute atomic E-state index is 0.149. The number of thiophene rings is 1. The quantitative estimate of drug-likeness (QED) is 0.635. The van der Waals surface area contributed by atoms with Crippen molar-refractivity contribution in [1.82, 2.24) is 25.5 Å². The Balaban J connectivity index is 1.43. The predicted octanol–water partition coefficient (Wildman–Crippen LogP) is 3.65. The number of nitrogens with zero attached hydrogens (tertiary/aromatic N) is 4. The highest BCUT2D eigenvalue weighted by molar-refractivity contribution is 7.98. The van der Waals surface area contributed by atoms with E-state index in [0.29, 0.717) is 0 Å². The van der Waals surface area contributed by atoms with Crippen LogP contribution in [0, 0.1) is 0 Å². The number of thioether (sulfide) groups is 1. The molecule has 2 aliphatic heterocycles. The molecular weight excluding hydrogens is 400 g/mol. The summed E-state index contributed by atoms with van der Waals surface area (Å²) in [5, 5.41) is 17.7. The highest BCUT2D eigenvalue weighted by Gasteiger charge is 2.42. The molecule has 0 amide bonds. The number of anilines is 1. The number of hydrogen-bond donors (Lipinski definition) is 2. The molecule has 3 aromatic rings. The summed E-state index contributed by atoms with van der Waals surface area (Å²) in [5.74, 6) is 1.63. The normalized spacial score (nSPS) is 19.7. The fraction of sp³-hybridized carbons (Fsp3) is 0.333. The summed E-state index contributed by atoms with van der Waals surface area (Å²) in [7, 11) is 0. The molecule has 0 radical (unpaired) electrons. The zero-order valence-corrected chi connectivity index (χ0v) is 16.8. The molecule has 6 nitrogen and oxygen atoms in total. The zero-order valence-electron chi connectivity index (χ0n) is 14.4. The molecule has 0 spiro atoms. The van der Waals surface area contributed by atoms with E-state index in [2.05, 4.69) is 36.6 Å². The zero-order chi connectivity index (χ0) is 18.0. The Hall–Kier alpha value is -1.58. The van der Waals surface area contributed by atoms with Crippen molar-refractivity contribution in [2.45, 2.75) is 36.3 Å². The van der Waals surface area contributed by atoms with Gasteiger partial charge in [-0.2, -0.15) is 0 Å². The molecule has 3 aliphatic rings. The Labute approximate surface area is 169 Å². The number of nitrogens with one attached hydrogen (secondary N) is 2. The molecule has 9 heteroatoms. The van der Waals surface area contributed by atoms with E-state index in [1.54, 1.807) is 11.8 Å². The summed E-state index contributed by atoms with van der Waals surface area (Å²) in [6.07, 6.45) is 3.77. The minimum atomic E-state index is 0.149. The van der Waals surface area contributed by atoms with E-state index >= 15 is 0 Å². The Morgan fingerprint density at radius 3 is 3.11 bits per heavy atom. The molecule has 1 atom stereocenters. The molecule has 2 aromatic heterocycles. The number of rotatable bonds is 3. The van der Waals surface area contributed by atoms with Gasteiger partial charge in [0.25, 0.3) is 0 Å². The number of hydrogen-bond acceptors (Lipinski definition) is 7. The maximum atomic E-state index is 6.33. The summed E-state index contributed by atoms with van der Waals surface area (Å²) >= 11 is 9.92. The first kappa shape index (κ1) is 16.4. The lowest BCUT2D eigenvalue weighted by Crippen LogP contribution is -2.39. The van der Waals surface area contributed by atoms with E-state index in [1.165, 1.54) is 40.3 Å². The molecule has 1 aliphatic carbocycles. The van der Waals surface area contributed by atoms with Gasteiger partial charge in [-0.25, -0.2) is 9.99 Å². The highest BCUT2D eigenvalue weighted by Crippen LogP contribution is 2.48. The highest BCUT2D eigenvalue weighted by atomic mass is 35.5. The van der Waals surface area contributed by atoms with E-state index < -0.39 is 0 Å². The van der Waals surface area contributed by atoms with E-state index in [0.717, 1.165) is 34.1 Å². The summed E-state index contributed by atoms with van der Waals surface area (Å²) < 4.78 is 2.22. The predicted molar refractivity (Wildman–Crippen MR) is 109 cm³/mol. The first-order valence-electron chi connectivity index (χ1n) is 9.04. The van der Waals surface area contributed by atoms with Crippen LogP contribution in [0.15, 0.2) is 29.4 Å². The molecule has 1 unspecified atom stereocenters. The molecule has 2 N–H and O–H groups in total. The van der Waals surface area contributed by atoms with Crippen molar-refractivity contribution >= 4 is 40.6 Å². The lowest BCUT2D eigenvalue weighted by Gasteiger charge is -2.30. The molecule has 1 aromatic carbocycles. The lowest BCUT2D eigenvalue weighted by atomic mass is 10.1. The van der Waals surface area contributed by atoms with Crippen LogP contribution in [0.1, 0.15) is 34.2 Å². The monoisotopic (exact) mass is 416 g/mol. The van der Waals surface area contributed by atoms with Crippen molar-refractivity contribution in [3.05, 3.63) is 50.9 Å². The third-order valence-electron chi connectivity index (χ3n) is 5.37. The minimum Gasteiger partial charge on any atom is -0.278 e. The SMILES string of the molecule is Clc1ccccc1CSc1nnc2n1-c1sc3c(c1C1NCNN21)CCC3. The molecule has 1 fully saturated rings. The smallest absolute Gasteiger partial charge is 0.249 e. The van der Waals surface area contributed by atoms with Crippen LogP contribution in [0.25, 0.3) is 5.00 Å². The van der Waals surface area contributed by atoms with Crippen molar-refractivity contribution in [3.63, 3.8) is 0 Å². The van der Waals surface area contributed by atoms with Crippen molar-refractivity contribution in [2.75, 3.05) is 11.7 Å². The van der Waals surface area contributed by atoms with Crippen molar-refractivity contribution in [2.24, 2.45) is 0 Å². The van der Waals surface area contributed by atoms with Gasteiger partial charge in [-0.1, -0.05) is 41.6 Å². The summed E-state index contributed by atoms with van der Waals surface area (Å²) in [4.78, 5) is 1.53. The average Bonchev–Trinajstić information content (AvgIpc) is 3.42. The van der Waals surface area contributed by atoms with Crippen LogP contribution in [0.2, 0.25) is 5.02 Å². The molecular formula is C18H17ClN6S2. The second kappa shape index (κ2) is 6.22. The van der Waals surface area contributed by atoms with Gasteiger partial charge in [0.2, 0.25) is 5.95 Å². The fourth-order valence-electron chi connectivity index (χ4n) is 4.14. The number of aryl methyl sites for hydroxylation is 1. The van der Waals surface area contributed by atoms with Gasteiger partial charge in [-0.05, 0) is 36.5 Å². The Bertz CT molecular complexity index is 1040. The third kappa shape index (κ3) is 2.41. The lowest BCUT2D eigenvalue weighted by molar-refractivity contribution is 0.588. The van der Waals surface area contributed by atoms with Gasteiger partial charge in [0.1, 0.15) is 11.2 Å². The molecule has 4 heterocycles. The Morgan fingerprint density at radius 2 is 2.19 bits per heavy atom. The topological polar surface area (TPSA) is 58.0 Å². The molecule has 27 heavy (non-hydrogen) atoms. The number of fused-ring (bicyclic) bond motifs is 8. The average molecular weight is 417 g/mol. The molecule has 1 saturated heterocycles. The van der Waals surface area contributed by atoms with Crippen molar-refractivity contribution in [3.8, 4) is 5.00 Å². The van der Waals surface area contributed by atoms with E-state index in [4.69, 9.17) is 11.6 Å². The van der Waals surface area contributed by atoms with E-state index in [9.17, 15) is 0 Å². The van der Waals surface area contributed by atoms with Crippen LogP contribution in [0.4, 0.5) is 5.95 Å². The first-order chi connectivity index (χ1) is 13.3. The third-order valence-corrected chi connectivity index (χ3v) is 8.01. The molecule has 0 bridgehead atoms. The summed E-state index contributed by atoms with van der Waals surface area (Å²) in [6.45, 7) is 0.740. The summed E-state index contributed by atoms with van der Waals surface area (Å²) in [6, 6.07) is 7.98. The molecule has 6 rings (SSSR count). The second-order valence-corrected chi connectivity index (χ2v) is 9.32. The number of aromatic nitrogens is 3. The fourth-order valence-corrected chi connectivity index (χ4v) is 6.83. The first-order valence-corrected chi connectivity index (χ1v) is 11.2. The van der Waals surface area contributed by atoms with E-state index in [-0.39, 0.29) is 6.17 Å². The van der Waals surface area contributed by atoms with Crippen LogP contribution in [-0.2, 0) is 18.6 Å². The van der Waals surface area contributed by atoms with Crippen LogP contribution in [-0.4, -0.2) is 21.4 Å². The van der Waals surface area contributed by atoms with Gasteiger partial charge in [0, 0.05) is 21.2 Å². The Kier molecular flexibility index (Phi) is 3.77. The van der Waals surface area contributed by atoms with Crippen molar-refractivity contribution < 1.29 is 0 Å². The van der Waals surface area contributed by atoms with Crippen LogP contribution in [0.3, 0.4) is 0 Å². The number of hydrazine groups is 1. The largest absolute Gasteiger partial charge is 0.278 e. The van der Waals surface area contributed by atoms with Gasteiger partial charge in [-0.15, -0.1) is 21.5 Å². The van der Waals surface area contributed by atoms with Gasteiger partial charge in [-0.3, -0.25) is 10.3 Å². The number of halogens is 1. The molecule has 0 saturated carbocycles. The molecule has 138 valence electrons. The van der Waals surface area contributed by atoms with Crippen LogP contribution >= 0.6 is 34.7 Å². The standard InChI is InChI=1S/C18H17ClN6S2/c19-12-6-2-1-4-10(12)8-26-18-23-22-17-24(18)16-14(15-20-9-21-25(15)17)11-5-3-7-13(11)27-16/h1-2,4,6,15,20-21H,3,5,7-9H2. The van der Waals surface area contributed by atoms with Crippen molar-refractivity contribution in [1.29, 1.82) is 0 Å².